The van der Waals surface area contributed by atoms with E-state index in [9.17, 15) is 39.6 Å². The molecule has 334 valence electrons. The van der Waals surface area contributed by atoms with Crippen molar-refractivity contribution in [2.45, 2.75) is 105 Å². The number of likely N-dealkylation sites (N-methyl/N-ethyl adjacent to an activating group) is 1. The van der Waals surface area contributed by atoms with Crippen LogP contribution in [0.25, 0.3) is 10.8 Å². The van der Waals surface area contributed by atoms with Crippen molar-refractivity contribution in [3.8, 4) is 23.0 Å². The molecule has 0 aromatic heterocycles. The predicted molar refractivity (Wildman–Crippen MR) is 226 cm³/mol. The summed E-state index contributed by atoms with van der Waals surface area (Å²) in [6.45, 7) is 13.5. The number of methoxy groups -OCH3 is 1. The molecule has 4 aliphatic heterocycles. The molecule has 1 saturated heterocycles. The maximum absolute atomic E-state index is 14.6. The lowest BCUT2D eigenvalue weighted by Gasteiger charge is -2.38. The van der Waals surface area contributed by atoms with Crippen LogP contribution in [0.2, 0.25) is 0 Å². The minimum absolute atomic E-state index is 0.0558. The topological polar surface area (TPSA) is 214 Å². The Morgan fingerprint density at radius 2 is 1.64 bits per heavy atom. The fourth-order valence-electron chi connectivity index (χ4n) is 8.32. The number of rotatable bonds is 6. The number of anilines is 1. The molecule has 4 aliphatic rings. The number of piperidine rings is 1. The van der Waals surface area contributed by atoms with Gasteiger partial charge in [-0.1, -0.05) is 52.3 Å². The number of aliphatic hydroxyl groups excluding tert-OH is 2. The van der Waals surface area contributed by atoms with Crippen molar-refractivity contribution in [3.63, 3.8) is 0 Å². The van der Waals surface area contributed by atoms with Gasteiger partial charge in [-0.05, 0) is 32.8 Å². The number of phenolic OH excluding ortho intramolecular Hbond substituents is 2. The van der Waals surface area contributed by atoms with Gasteiger partial charge in [0.25, 0.3) is 17.6 Å². The van der Waals surface area contributed by atoms with E-state index in [0.29, 0.717) is 13.1 Å². The number of amides is 2. The quantitative estimate of drug-likeness (QED) is 0.185. The average molecular weight is 852 g/mol. The van der Waals surface area contributed by atoms with E-state index in [1.54, 1.807) is 46.9 Å². The Morgan fingerprint density at radius 3 is 2.28 bits per heavy atom. The average Bonchev–Trinajstić information content (AvgIpc) is 3.50. The lowest BCUT2D eigenvalue weighted by atomic mass is 9.78. The highest BCUT2D eigenvalue weighted by Gasteiger charge is 2.50. The summed E-state index contributed by atoms with van der Waals surface area (Å²) in [4.78, 5) is 54.0. The highest BCUT2D eigenvalue weighted by atomic mass is 16.7. The molecule has 1 fully saturated rings. The standard InChI is InChI=1S/C45H61N3O13/c1-23-15-14-16-24(2)44(56)46-30-21-32(58-22-33(50)47(9)48-18-12-11-13-19-48)34-35(40(30)54)39(53)28(6)42-36(34)43(55)45(8,61-42)59-20-17-31(57-10)25(3)41(60-29(7)49)27(5)38(52)26(4)37(23)51/h14-17,20-21,23,25-27,31,37-38,41,51-54H,11-13,18-19,22H2,1-10H3,(H,46,56)/b15-14+,20-17+,24-16-. The number of fused-ring (bicyclic) bond motifs is 14. The number of carbonyl (C=O) groups is 4. The number of phenols is 2. The van der Waals surface area contributed by atoms with Gasteiger partial charge in [-0.3, -0.25) is 24.2 Å². The molecular formula is C45H61N3O13. The summed E-state index contributed by atoms with van der Waals surface area (Å²) >= 11 is 0. The first-order valence-corrected chi connectivity index (χ1v) is 20.7. The van der Waals surface area contributed by atoms with Gasteiger partial charge in [0.15, 0.2) is 12.4 Å². The first-order chi connectivity index (χ1) is 28.7. The van der Waals surface area contributed by atoms with E-state index in [-0.39, 0.29) is 44.7 Å². The van der Waals surface area contributed by atoms with Crippen molar-refractivity contribution >= 4 is 40.0 Å². The van der Waals surface area contributed by atoms with Crippen LogP contribution in [0, 0.1) is 30.6 Å². The fraction of sp³-hybridized carbons (Fsp3) is 0.556. The Hall–Kier alpha value is -5.16. The monoisotopic (exact) mass is 851 g/mol. The third-order valence-corrected chi connectivity index (χ3v) is 12.3. The number of allylic oxidation sites excluding steroid dienone is 2. The molecule has 61 heavy (non-hydrogen) atoms. The van der Waals surface area contributed by atoms with Crippen molar-refractivity contribution in [2.75, 3.05) is 39.2 Å². The number of benzene rings is 2. The lowest BCUT2D eigenvalue weighted by molar-refractivity contribution is -0.160. The normalized spacial score (nSPS) is 31.0. The smallest absolute Gasteiger partial charge is 0.312 e. The third kappa shape index (κ3) is 9.67. The maximum atomic E-state index is 14.6. The number of aromatic hydroxyl groups is 2. The molecule has 2 aromatic rings. The molecule has 16 nitrogen and oxygen atoms in total. The number of carbonyl (C=O) groups excluding carboxylic acids is 4. The van der Waals surface area contributed by atoms with Crippen molar-refractivity contribution in [1.29, 1.82) is 0 Å². The Kier molecular flexibility index (Phi) is 14.8. The molecule has 6 rings (SSSR count). The number of aliphatic hydroxyl groups is 2. The number of Topliss-reactive ketones (excluding diaryl/α,β-unsaturated/α-hetero) is 1. The van der Waals surface area contributed by atoms with Crippen molar-refractivity contribution in [2.24, 2.45) is 23.7 Å². The summed E-state index contributed by atoms with van der Waals surface area (Å²) in [5, 5.41) is 52.0. The molecule has 16 heteroatoms. The van der Waals surface area contributed by atoms with Gasteiger partial charge < -0.3 is 49.4 Å². The molecular weight excluding hydrogens is 791 g/mol. The minimum Gasteiger partial charge on any atom is -0.507 e. The van der Waals surface area contributed by atoms with E-state index < -0.39 is 95.5 Å². The highest BCUT2D eigenvalue weighted by molar-refractivity contribution is 6.21. The van der Waals surface area contributed by atoms with Crippen LogP contribution in [-0.2, 0) is 28.6 Å². The predicted octanol–water partition coefficient (Wildman–Crippen LogP) is 5.29. The number of hydrazine groups is 1. The lowest BCUT2D eigenvalue weighted by Crippen LogP contribution is -2.48. The molecule has 0 aliphatic carbocycles. The van der Waals surface area contributed by atoms with Crippen LogP contribution < -0.4 is 14.8 Å². The molecule has 4 heterocycles. The van der Waals surface area contributed by atoms with Gasteiger partial charge >= 0.3 is 11.8 Å². The Balaban J connectivity index is 1.65. The molecule has 5 bridgehead atoms. The van der Waals surface area contributed by atoms with Gasteiger partial charge in [0.2, 0.25) is 0 Å². The van der Waals surface area contributed by atoms with Crippen LogP contribution >= 0.6 is 0 Å². The van der Waals surface area contributed by atoms with E-state index in [4.69, 9.17) is 23.7 Å². The van der Waals surface area contributed by atoms with E-state index in [1.807, 2.05) is 5.01 Å². The molecule has 2 amide bonds. The number of esters is 1. The second kappa shape index (κ2) is 19.3. The largest absolute Gasteiger partial charge is 0.507 e. The van der Waals surface area contributed by atoms with Crippen LogP contribution in [0.1, 0.15) is 83.7 Å². The molecule has 2 aromatic carbocycles. The SMILES string of the molecule is COC1/C=C/OC2(C)Oc3c(C)c(O)c4c(O)c(cc(OCC(=O)N(C)N5CCCCC5)c4c3C2=O)NC(=O)/C(C)=C\C=C\C(C)C(O)C(C)C(O)C(C)C(OC(C)=O)C1C. The summed E-state index contributed by atoms with van der Waals surface area (Å²) in [6, 6.07) is 1.28. The van der Waals surface area contributed by atoms with Crippen molar-refractivity contribution in [1.82, 2.24) is 10.0 Å². The molecule has 0 radical (unpaired) electrons. The number of ether oxygens (including phenoxy) is 5. The molecule has 9 atom stereocenters. The Labute approximate surface area is 356 Å². The minimum atomic E-state index is -2.03. The number of ketones is 1. The van der Waals surface area contributed by atoms with Crippen molar-refractivity contribution < 1.29 is 63.3 Å². The maximum Gasteiger partial charge on any atom is 0.312 e. The van der Waals surface area contributed by atoms with Crippen LogP contribution in [0.3, 0.4) is 0 Å². The molecule has 9 unspecified atom stereocenters. The van der Waals surface area contributed by atoms with Gasteiger partial charge in [0, 0.05) is 87.4 Å². The zero-order chi connectivity index (χ0) is 45.1. The second-order valence-electron chi connectivity index (χ2n) is 16.6. The number of nitrogens with zero attached hydrogens (tertiary/aromatic N) is 2. The summed E-state index contributed by atoms with van der Waals surface area (Å²) in [7, 11) is 3.08. The van der Waals surface area contributed by atoms with Gasteiger partial charge in [-0.15, -0.1) is 0 Å². The summed E-state index contributed by atoms with van der Waals surface area (Å²) in [5.74, 6) is -8.05. The van der Waals surface area contributed by atoms with Crippen LogP contribution in [0.4, 0.5) is 5.69 Å². The number of hydrogen-bond acceptors (Lipinski definition) is 14. The van der Waals surface area contributed by atoms with E-state index in [0.717, 1.165) is 19.3 Å². The van der Waals surface area contributed by atoms with Crippen LogP contribution in [-0.4, -0.2) is 118 Å². The second-order valence-corrected chi connectivity index (χ2v) is 16.6. The zero-order valence-corrected chi connectivity index (χ0v) is 36.7. The van der Waals surface area contributed by atoms with Gasteiger partial charge in [-0.2, -0.15) is 0 Å². The number of hydrogen-bond donors (Lipinski definition) is 5. The zero-order valence-electron chi connectivity index (χ0n) is 36.7. The highest BCUT2D eigenvalue weighted by Crippen LogP contribution is 2.54. The fourth-order valence-corrected chi connectivity index (χ4v) is 8.32. The van der Waals surface area contributed by atoms with E-state index in [1.165, 1.54) is 64.3 Å². The first kappa shape index (κ1) is 46.9. The Morgan fingerprint density at radius 1 is 0.967 bits per heavy atom. The van der Waals surface area contributed by atoms with Gasteiger partial charge in [0.05, 0.1) is 41.2 Å². The number of nitrogens with one attached hydrogen (secondary N) is 1. The summed E-state index contributed by atoms with van der Waals surface area (Å²) in [6.07, 6.45) is 6.54. The molecule has 5 N–H and O–H groups in total. The summed E-state index contributed by atoms with van der Waals surface area (Å²) in [5.41, 5.74) is -0.00267. The van der Waals surface area contributed by atoms with E-state index >= 15 is 0 Å². The van der Waals surface area contributed by atoms with Crippen LogP contribution in [0.5, 0.6) is 23.0 Å². The summed E-state index contributed by atoms with van der Waals surface area (Å²) < 4.78 is 29.9. The molecule has 0 spiro atoms. The van der Waals surface area contributed by atoms with Gasteiger partial charge in [-0.25, -0.2) is 5.01 Å². The molecule has 0 saturated carbocycles. The Bertz CT molecular complexity index is 2090. The van der Waals surface area contributed by atoms with Crippen molar-refractivity contribution in [3.05, 3.63) is 53.3 Å². The van der Waals surface area contributed by atoms with Crippen LogP contribution in [0.15, 0.2) is 42.2 Å². The van der Waals surface area contributed by atoms with Gasteiger partial charge in [0.1, 0.15) is 23.4 Å². The van der Waals surface area contributed by atoms with E-state index in [2.05, 4.69) is 5.32 Å². The first-order valence-electron chi connectivity index (χ1n) is 20.7. The third-order valence-electron chi connectivity index (χ3n) is 12.3.